The Bertz CT molecular complexity index is 545. The molecule has 0 heterocycles. The van der Waals surface area contributed by atoms with Gasteiger partial charge in [0, 0.05) is 18.1 Å². The van der Waals surface area contributed by atoms with Crippen molar-refractivity contribution in [3.05, 3.63) is 35.4 Å². The van der Waals surface area contributed by atoms with Crippen LogP contribution in [0.3, 0.4) is 0 Å². The van der Waals surface area contributed by atoms with E-state index in [-0.39, 0.29) is 11.6 Å². The third-order valence-electron chi connectivity index (χ3n) is 4.51. The number of rotatable bonds is 6. The maximum absolute atomic E-state index is 11.8. The Morgan fingerprint density at radius 1 is 1.20 bits per heavy atom. The highest BCUT2D eigenvalue weighted by atomic mass is 16.6. The number of hydrogen-bond donors (Lipinski definition) is 3. The first-order valence-electron chi connectivity index (χ1n) is 9.25. The van der Waals surface area contributed by atoms with E-state index in [4.69, 9.17) is 4.74 Å². The van der Waals surface area contributed by atoms with E-state index in [0.29, 0.717) is 12.6 Å². The Labute approximate surface area is 151 Å². The number of carbonyl (C=O) groups is 1. The van der Waals surface area contributed by atoms with E-state index in [2.05, 4.69) is 10.6 Å². The van der Waals surface area contributed by atoms with Gasteiger partial charge in [-0.1, -0.05) is 37.1 Å². The van der Waals surface area contributed by atoms with E-state index in [1.165, 1.54) is 25.7 Å². The number of hydrogen-bond acceptors (Lipinski definition) is 4. The standard InChI is InChI=1S/C20H32N2O3/c1-14(25-19(24)22-20(2,3)4)15-9-11-16(12-10-15)18(23)13-21-17-7-5-6-8-17/h9-12,14,17-18,21,23H,5-8,13H2,1-4H3,(H,22,24)/t14-,18+/m0/s1. The van der Waals surface area contributed by atoms with Gasteiger partial charge in [0.1, 0.15) is 6.10 Å². The molecule has 0 radical (unpaired) electrons. The van der Waals surface area contributed by atoms with Gasteiger partial charge in [0.05, 0.1) is 6.10 Å². The van der Waals surface area contributed by atoms with Gasteiger partial charge in [-0.15, -0.1) is 0 Å². The molecule has 0 saturated heterocycles. The molecule has 0 spiro atoms. The second kappa shape index (κ2) is 8.68. The van der Waals surface area contributed by atoms with Crippen molar-refractivity contribution in [1.82, 2.24) is 10.6 Å². The Morgan fingerprint density at radius 2 is 1.76 bits per heavy atom. The first-order chi connectivity index (χ1) is 11.7. The van der Waals surface area contributed by atoms with E-state index in [1.54, 1.807) is 0 Å². The van der Waals surface area contributed by atoms with Gasteiger partial charge in [0.25, 0.3) is 0 Å². The Kier molecular flexibility index (Phi) is 6.85. The van der Waals surface area contributed by atoms with Crippen LogP contribution in [-0.4, -0.2) is 29.3 Å². The molecule has 1 aliphatic carbocycles. The summed E-state index contributed by atoms with van der Waals surface area (Å²) in [4.78, 5) is 11.8. The van der Waals surface area contributed by atoms with Crippen molar-refractivity contribution in [1.29, 1.82) is 0 Å². The third-order valence-corrected chi connectivity index (χ3v) is 4.51. The lowest BCUT2D eigenvalue weighted by Crippen LogP contribution is -2.41. The van der Waals surface area contributed by atoms with E-state index < -0.39 is 12.2 Å². The summed E-state index contributed by atoms with van der Waals surface area (Å²) >= 11 is 0. The summed E-state index contributed by atoms with van der Waals surface area (Å²) in [6.45, 7) is 8.15. The summed E-state index contributed by atoms with van der Waals surface area (Å²) in [7, 11) is 0. The van der Waals surface area contributed by atoms with E-state index in [0.717, 1.165) is 11.1 Å². The number of aliphatic hydroxyl groups excluding tert-OH is 1. The predicted molar refractivity (Wildman–Crippen MR) is 99.4 cm³/mol. The maximum Gasteiger partial charge on any atom is 0.408 e. The van der Waals surface area contributed by atoms with Crippen molar-refractivity contribution < 1.29 is 14.6 Å². The summed E-state index contributed by atoms with van der Waals surface area (Å²) in [5, 5.41) is 16.5. The van der Waals surface area contributed by atoms with Crippen molar-refractivity contribution in [2.24, 2.45) is 0 Å². The molecule has 1 aromatic carbocycles. The number of alkyl carbamates (subject to hydrolysis) is 1. The summed E-state index contributed by atoms with van der Waals surface area (Å²) < 4.78 is 5.40. The van der Waals surface area contributed by atoms with Crippen LogP contribution in [0.2, 0.25) is 0 Å². The second-order valence-corrected chi connectivity index (χ2v) is 7.99. The van der Waals surface area contributed by atoms with Crippen molar-refractivity contribution in [2.75, 3.05) is 6.54 Å². The summed E-state index contributed by atoms with van der Waals surface area (Å²) in [6.07, 6.45) is 3.69. The van der Waals surface area contributed by atoms with Gasteiger partial charge in [0.2, 0.25) is 0 Å². The molecule has 2 rings (SSSR count). The van der Waals surface area contributed by atoms with E-state index >= 15 is 0 Å². The molecule has 25 heavy (non-hydrogen) atoms. The minimum Gasteiger partial charge on any atom is -0.442 e. The lowest BCUT2D eigenvalue weighted by Gasteiger charge is -2.22. The van der Waals surface area contributed by atoms with Gasteiger partial charge in [-0.25, -0.2) is 4.79 Å². The fraction of sp³-hybridized carbons (Fsp3) is 0.650. The van der Waals surface area contributed by atoms with Crippen LogP contribution in [0.25, 0.3) is 0 Å². The van der Waals surface area contributed by atoms with Gasteiger partial charge in [-0.05, 0) is 51.7 Å². The predicted octanol–water partition coefficient (Wildman–Crippen LogP) is 3.84. The lowest BCUT2D eigenvalue weighted by molar-refractivity contribution is 0.0999. The molecule has 0 bridgehead atoms. The molecule has 1 saturated carbocycles. The molecule has 1 aromatic rings. The normalized spacial score (nSPS) is 18.0. The number of ether oxygens (including phenoxy) is 1. The van der Waals surface area contributed by atoms with Crippen LogP contribution in [0.5, 0.6) is 0 Å². The monoisotopic (exact) mass is 348 g/mol. The van der Waals surface area contributed by atoms with Crippen molar-refractivity contribution in [2.45, 2.75) is 77.2 Å². The molecule has 0 unspecified atom stereocenters. The van der Waals surface area contributed by atoms with Gasteiger partial charge in [-0.2, -0.15) is 0 Å². The molecule has 5 heteroatoms. The zero-order valence-corrected chi connectivity index (χ0v) is 15.8. The zero-order valence-electron chi connectivity index (χ0n) is 15.8. The quantitative estimate of drug-likeness (QED) is 0.730. The summed E-state index contributed by atoms with van der Waals surface area (Å²) in [5.41, 5.74) is 1.46. The highest BCUT2D eigenvalue weighted by Gasteiger charge is 2.19. The van der Waals surface area contributed by atoms with Crippen LogP contribution in [0.15, 0.2) is 24.3 Å². The van der Waals surface area contributed by atoms with Gasteiger partial charge in [0.15, 0.2) is 0 Å². The van der Waals surface area contributed by atoms with Gasteiger partial charge >= 0.3 is 6.09 Å². The SMILES string of the molecule is C[C@H](OC(=O)NC(C)(C)C)c1ccc([C@H](O)CNC2CCCC2)cc1. The second-order valence-electron chi connectivity index (χ2n) is 7.99. The molecule has 2 atom stereocenters. The summed E-state index contributed by atoms with van der Waals surface area (Å²) in [6, 6.07) is 8.16. The third kappa shape index (κ3) is 6.67. The van der Waals surface area contributed by atoms with Crippen LogP contribution in [0.1, 0.15) is 76.7 Å². The van der Waals surface area contributed by atoms with Crippen LogP contribution in [-0.2, 0) is 4.74 Å². The van der Waals surface area contributed by atoms with E-state index in [1.807, 2.05) is 52.0 Å². The van der Waals surface area contributed by atoms with Crippen LogP contribution < -0.4 is 10.6 Å². The molecular formula is C20H32N2O3. The molecular weight excluding hydrogens is 316 g/mol. The van der Waals surface area contributed by atoms with E-state index in [9.17, 15) is 9.90 Å². The van der Waals surface area contributed by atoms with Gasteiger partial charge < -0.3 is 20.5 Å². The van der Waals surface area contributed by atoms with Crippen molar-refractivity contribution in [3.63, 3.8) is 0 Å². The minimum atomic E-state index is -0.518. The topological polar surface area (TPSA) is 70.6 Å². The number of carbonyl (C=O) groups excluding carboxylic acids is 1. The molecule has 1 fully saturated rings. The average Bonchev–Trinajstić information content (AvgIpc) is 3.04. The highest BCUT2D eigenvalue weighted by Crippen LogP contribution is 2.22. The maximum atomic E-state index is 11.8. The van der Waals surface area contributed by atoms with Crippen molar-refractivity contribution >= 4 is 6.09 Å². The molecule has 0 aromatic heterocycles. The number of amides is 1. The smallest absolute Gasteiger partial charge is 0.408 e. The Hall–Kier alpha value is -1.59. The average molecular weight is 348 g/mol. The lowest BCUT2D eigenvalue weighted by atomic mass is 10.0. The first kappa shape index (κ1) is 19.7. The van der Waals surface area contributed by atoms with Crippen molar-refractivity contribution in [3.8, 4) is 0 Å². The van der Waals surface area contributed by atoms with Crippen LogP contribution in [0, 0.1) is 0 Å². The zero-order chi connectivity index (χ0) is 18.4. The molecule has 3 N–H and O–H groups in total. The van der Waals surface area contributed by atoms with Crippen LogP contribution >= 0.6 is 0 Å². The highest BCUT2D eigenvalue weighted by molar-refractivity contribution is 5.68. The molecule has 1 amide bonds. The molecule has 5 nitrogen and oxygen atoms in total. The molecule has 140 valence electrons. The minimum absolute atomic E-state index is 0.322. The number of benzene rings is 1. The fourth-order valence-electron chi connectivity index (χ4n) is 3.08. The number of aliphatic hydroxyl groups is 1. The fourth-order valence-corrected chi connectivity index (χ4v) is 3.08. The first-order valence-corrected chi connectivity index (χ1v) is 9.25. The summed E-state index contributed by atoms with van der Waals surface area (Å²) in [5.74, 6) is 0. The molecule has 0 aliphatic heterocycles. The Balaban J connectivity index is 1.84. The van der Waals surface area contributed by atoms with Gasteiger partial charge in [-0.3, -0.25) is 0 Å². The number of nitrogens with one attached hydrogen (secondary N) is 2. The largest absolute Gasteiger partial charge is 0.442 e. The Morgan fingerprint density at radius 3 is 2.32 bits per heavy atom. The van der Waals surface area contributed by atoms with Crippen LogP contribution in [0.4, 0.5) is 4.79 Å². The molecule has 1 aliphatic rings.